The first-order valence-electron chi connectivity index (χ1n) is 7.47. The lowest BCUT2D eigenvalue weighted by Gasteiger charge is -2.18. The van der Waals surface area contributed by atoms with Crippen molar-refractivity contribution in [1.82, 2.24) is 9.62 Å². The molecular formula is C14H21N3O6S2. The Balaban J connectivity index is 2.42. The van der Waals surface area contributed by atoms with Gasteiger partial charge < -0.3 is 9.64 Å². The van der Waals surface area contributed by atoms with Crippen LogP contribution in [0.5, 0.6) is 5.75 Å². The molecule has 0 atom stereocenters. The van der Waals surface area contributed by atoms with E-state index in [0.717, 1.165) is 6.07 Å². The predicted molar refractivity (Wildman–Crippen MR) is 92.6 cm³/mol. The second kappa shape index (κ2) is 7.28. The Morgan fingerprint density at radius 2 is 2.00 bits per heavy atom. The number of anilines is 1. The van der Waals surface area contributed by atoms with Gasteiger partial charge in [0.05, 0.1) is 18.6 Å². The first kappa shape index (κ1) is 19.6. The SMILES string of the molecule is COc1ccc(N2C(=O)CCS2(=O)=O)cc1S(=O)(=O)NCCN(C)C. The molecule has 1 aromatic carbocycles. The number of hydrogen-bond donors (Lipinski definition) is 1. The third kappa shape index (κ3) is 4.29. The lowest BCUT2D eigenvalue weighted by Crippen LogP contribution is -2.32. The van der Waals surface area contributed by atoms with E-state index in [-0.39, 0.29) is 35.1 Å². The molecule has 9 nitrogen and oxygen atoms in total. The largest absolute Gasteiger partial charge is 0.495 e. The van der Waals surface area contributed by atoms with Crippen LogP contribution in [0, 0.1) is 0 Å². The van der Waals surface area contributed by atoms with E-state index in [9.17, 15) is 21.6 Å². The van der Waals surface area contributed by atoms with E-state index in [1.807, 2.05) is 4.90 Å². The number of benzene rings is 1. The summed E-state index contributed by atoms with van der Waals surface area (Å²) < 4.78 is 57.3. The number of carbonyl (C=O) groups is 1. The fourth-order valence-electron chi connectivity index (χ4n) is 2.35. The van der Waals surface area contributed by atoms with Crippen LogP contribution in [0.25, 0.3) is 0 Å². The van der Waals surface area contributed by atoms with E-state index in [4.69, 9.17) is 4.74 Å². The van der Waals surface area contributed by atoms with Crippen molar-refractivity contribution in [3.8, 4) is 5.75 Å². The molecule has 0 spiro atoms. The van der Waals surface area contributed by atoms with Crippen LogP contribution in [0.15, 0.2) is 23.1 Å². The van der Waals surface area contributed by atoms with E-state index in [2.05, 4.69) is 4.72 Å². The molecule has 25 heavy (non-hydrogen) atoms. The molecule has 0 aliphatic carbocycles. The van der Waals surface area contributed by atoms with Gasteiger partial charge in [-0.25, -0.2) is 25.9 Å². The Morgan fingerprint density at radius 1 is 1.32 bits per heavy atom. The van der Waals surface area contributed by atoms with E-state index in [1.54, 1.807) is 14.1 Å². The maximum atomic E-state index is 12.5. The summed E-state index contributed by atoms with van der Waals surface area (Å²) in [6, 6.07) is 3.81. The summed E-state index contributed by atoms with van der Waals surface area (Å²) in [7, 11) is -2.80. The molecule has 0 bridgehead atoms. The molecule has 2 rings (SSSR count). The van der Waals surface area contributed by atoms with Gasteiger partial charge in [0.1, 0.15) is 10.6 Å². The molecule has 1 amide bonds. The number of nitrogens with one attached hydrogen (secondary N) is 1. The number of methoxy groups -OCH3 is 1. The van der Waals surface area contributed by atoms with Crippen LogP contribution in [-0.4, -0.2) is 67.7 Å². The maximum Gasteiger partial charge on any atom is 0.244 e. The molecule has 1 N–H and O–H groups in total. The van der Waals surface area contributed by atoms with Crippen LogP contribution >= 0.6 is 0 Å². The van der Waals surface area contributed by atoms with Gasteiger partial charge in [-0.2, -0.15) is 0 Å². The Labute approximate surface area is 147 Å². The number of carbonyl (C=O) groups excluding carboxylic acids is 1. The highest BCUT2D eigenvalue weighted by Crippen LogP contribution is 2.32. The first-order chi connectivity index (χ1) is 11.6. The summed E-state index contributed by atoms with van der Waals surface area (Å²) >= 11 is 0. The molecule has 1 aliphatic heterocycles. The van der Waals surface area contributed by atoms with Crippen molar-refractivity contribution < 1.29 is 26.4 Å². The van der Waals surface area contributed by atoms with Crippen molar-refractivity contribution in [3.05, 3.63) is 18.2 Å². The molecule has 0 saturated carbocycles. The zero-order valence-electron chi connectivity index (χ0n) is 14.2. The summed E-state index contributed by atoms with van der Waals surface area (Å²) in [5.74, 6) is -0.819. The lowest BCUT2D eigenvalue weighted by molar-refractivity contribution is -0.116. The van der Waals surface area contributed by atoms with Crippen molar-refractivity contribution in [1.29, 1.82) is 0 Å². The van der Waals surface area contributed by atoms with Gasteiger partial charge >= 0.3 is 0 Å². The molecule has 11 heteroatoms. The van der Waals surface area contributed by atoms with Crippen LogP contribution in [0.1, 0.15) is 6.42 Å². The monoisotopic (exact) mass is 391 g/mol. The highest BCUT2D eigenvalue weighted by molar-refractivity contribution is 7.94. The smallest absolute Gasteiger partial charge is 0.244 e. The lowest BCUT2D eigenvalue weighted by atomic mass is 10.3. The summed E-state index contributed by atoms with van der Waals surface area (Å²) in [6.07, 6.45) is -0.127. The first-order valence-corrected chi connectivity index (χ1v) is 10.6. The summed E-state index contributed by atoms with van der Waals surface area (Å²) in [5, 5.41) is 0. The molecule has 0 aromatic heterocycles. The van der Waals surface area contributed by atoms with Crippen LogP contribution < -0.4 is 13.8 Å². The minimum Gasteiger partial charge on any atom is -0.495 e. The fraction of sp³-hybridized carbons (Fsp3) is 0.500. The van der Waals surface area contributed by atoms with E-state index in [0.29, 0.717) is 10.8 Å². The van der Waals surface area contributed by atoms with Gasteiger partial charge in [0.2, 0.25) is 26.0 Å². The maximum absolute atomic E-state index is 12.5. The fourth-order valence-corrected chi connectivity index (χ4v) is 5.01. The molecular weight excluding hydrogens is 370 g/mol. The quantitative estimate of drug-likeness (QED) is 0.673. The minimum absolute atomic E-state index is 0.0173. The molecule has 1 saturated heterocycles. The molecule has 140 valence electrons. The predicted octanol–water partition coefficient (Wildman–Crippen LogP) is -0.398. The number of sulfonamides is 2. The number of rotatable bonds is 7. The van der Waals surface area contributed by atoms with Crippen LogP contribution in [-0.2, 0) is 24.8 Å². The molecule has 1 aromatic rings. The third-order valence-electron chi connectivity index (χ3n) is 3.60. The van der Waals surface area contributed by atoms with E-state index >= 15 is 0 Å². The van der Waals surface area contributed by atoms with Crippen molar-refractivity contribution in [3.63, 3.8) is 0 Å². The van der Waals surface area contributed by atoms with Crippen molar-refractivity contribution in [2.75, 3.05) is 44.4 Å². The topological polar surface area (TPSA) is 113 Å². The average molecular weight is 391 g/mol. The second-order valence-electron chi connectivity index (χ2n) is 5.76. The number of likely N-dealkylation sites (N-methyl/N-ethyl adjacent to an activating group) is 1. The van der Waals surface area contributed by atoms with Gasteiger partial charge in [0, 0.05) is 19.5 Å². The molecule has 0 radical (unpaired) electrons. The number of ether oxygens (including phenoxy) is 1. The zero-order valence-corrected chi connectivity index (χ0v) is 15.9. The summed E-state index contributed by atoms with van der Waals surface area (Å²) in [4.78, 5) is 13.5. The Kier molecular flexibility index (Phi) is 5.72. The Hall–Kier alpha value is -1.69. The Morgan fingerprint density at radius 3 is 2.52 bits per heavy atom. The van der Waals surface area contributed by atoms with E-state index < -0.39 is 26.0 Å². The molecule has 1 heterocycles. The van der Waals surface area contributed by atoms with Gasteiger partial charge in [-0.3, -0.25) is 4.79 Å². The van der Waals surface area contributed by atoms with Crippen molar-refractivity contribution in [2.24, 2.45) is 0 Å². The zero-order chi connectivity index (χ0) is 18.8. The van der Waals surface area contributed by atoms with Crippen molar-refractivity contribution >= 4 is 31.6 Å². The van der Waals surface area contributed by atoms with Crippen molar-refractivity contribution in [2.45, 2.75) is 11.3 Å². The standard InChI is InChI=1S/C14H21N3O6S2/c1-16(2)8-7-15-25(21,22)13-10-11(4-5-12(13)23-3)17-14(18)6-9-24(17,19)20/h4-5,10,15H,6-9H2,1-3H3. The van der Waals surface area contributed by atoms with Crippen LogP contribution in [0.3, 0.4) is 0 Å². The highest BCUT2D eigenvalue weighted by Gasteiger charge is 2.37. The molecule has 1 aliphatic rings. The van der Waals surface area contributed by atoms with Crippen LogP contribution in [0.4, 0.5) is 5.69 Å². The number of amides is 1. The normalized spacial score (nSPS) is 17.3. The summed E-state index contributed by atoms with van der Waals surface area (Å²) in [6.45, 7) is 0.657. The van der Waals surface area contributed by atoms with Gasteiger partial charge in [0.25, 0.3) is 0 Å². The van der Waals surface area contributed by atoms with Gasteiger partial charge in [-0.1, -0.05) is 0 Å². The summed E-state index contributed by atoms with van der Waals surface area (Å²) in [5.41, 5.74) is -0.0173. The third-order valence-corrected chi connectivity index (χ3v) is 6.77. The van der Waals surface area contributed by atoms with Crippen LogP contribution in [0.2, 0.25) is 0 Å². The van der Waals surface area contributed by atoms with E-state index in [1.165, 1.54) is 19.2 Å². The number of hydrogen-bond acceptors (Lipinski definition) is 7. The molecule has 0 unspecified atom stereocenters. The highest BCUT2D eigenvalue weighted by atomic mass is 32.2. The molecule has 1 fully saturated rings. The average Bonchev–Trinajstić information content (AvgIpc) is 2.79. The van der Waals surface area contributed by atoms with Gasteiger partial charge in [-0.15, -0.1) is 0 Å². The van der Waals surface area contributed by atoms with Gasteiger partial charge in [-0.05, 0) is 32.3 Å². The Bertz CT molecular complexity index is 865. The minimum atomic E-state index is -3.94. The van der Waals surface area contributed by atoms with Gasteiger partial charge in [0.15, 0.2) is 0 Å². The number of nitrogens with zero attached hydrogens (tertiary/aromatic N) is 2. The second-order valence-corrected chi connectivity index (χ2v) is 9.43.